The number of rotatable bonds is 5. The summed E-state index contributed by atoms with van der Waals surface area (Å²) in [7, 11) is 0. The molecule has 0 saturated carbocycles. The Balaban J connectivity index is 2.29. The maximum Gasteiger partial charge on any atom is 0.248 e. The van der Waals surface area contributed by atoms with E-state index in [0.29, 0.717) is 18.2 Å². The molecule has 1 aromatic rings. The molecule has 4 heteroatoms. The minimum absolute atomic E-state index is 0.0340. The molecule has 1 aromatic carbocycles. The zero-order chi connectivity index (χ0) is 18.1. The lowest BCUT2D eigenvalue weighted by Gasteiger charge is -2.46. The summed E-state index contributed by atoms with van der Waals surface area (Å²) in [5.41, 5.74) is 8.00. The van der Waals surface area contributed by atoms with Crippen LogP contribution in [0, 0.1) is 0 Å². The fraction of sp³-hybridized carbons (Fsp3) is 0.650. The summed E-state index contributed by atoms with van der Waals surface area (Å²) < 4.78 is 0. The number of nitrogens with zero attached hydrogens (tertiary/aromatic N) is 1. The third-order valence-corrected chi connectivity index (χ3v) is 5.34. The molecule has 2 rings (SSSR count). The van der Waals surface area contributed by atoms with Crippen LogP contribution in [-0.4, -0.2) is 40.6 Å². The van der Waals surface area contributed by atoms with Crippen LogP contribution < -0.4 is 5.73 Å². The van der Waals surface area contributed by atoms with Crippen molar-refractivity contribution < 1.29 is 9.90 Å². The van der Waals surface area contributed by atoms with Gasteiger partial charge in [-0.15, -0.1) is 0 Å². The van der Waals surface area contributed by atoms with Gasteiger partial charge in [-0.05, 0) is 75.3 Å². The fourth-order valence-corrected chi connectivity index (χ4v) is 4.07. The molecule has 4 nitrogen and oxygen atoms in total. The molecular weight excluding hydrogens is 300 g/mol. The van der Waals surface area contributed by atoms with Crippen molar-refractivity contribution in [3.8, 4) is 0 Å². The van der Waals surface area contributed by atoms with Gasteiger partial charge in [0.15, 0.2) is 0 Å². The van der Waals surface area contributed by atoms with Gasteiger partial charge in [0.1, 0.15) is 0 Å². The highest BCUT2D eigenvalue weighted by Crippen LogP contribution is 2.40. The van der Waals surface area contributed by atoms with E-state index in [1.165, 1.54) is 11.1 Å². The molecule has 1 aliphatic rings. The zero-order valence-electron chi connectivity index (χ0n) is 15.7. The Morgan fingerprint density at radius 3 is 2.62 bits per heavy atom. The van der Waals surface area contributed by atoms with Crippen LogP contribution in [0.4, 0.5) is 0 Å². The summed E-state index contributed by atoms with van der Waals surface area (Å²) in [6.07, 6.45) is 2.98. The van der Waals surface area contributed by atoms with Crippen LogP contribution in [0.15, 0.2) is 18.2 Å². The number of aryl methyl sites for hydroxylation is 1. The average Bonchev–Trinajstić information content (AvgIpc) is 2.48. The van der Waals surface area contributed by atoms with Crippen LogP contribution in [0.25, 0.3) is 0 Å². The minimum atomic E-state index is -0.678. The Morgan fingerprint density at radius 1 is 1.46 bits per heavy atom. The molecule has 0 bridgehead atoms. The third kappa shape index (κ3) is 4.17. The summed E-state index contributed by atoms with van der Waals surface area (Å²) >= 11 is 0. The number of hydrogen-bond acceptors (Lipinski definition) is 3. The zero-order valence-corrected chi connectivity index (χ0v) is 15.7. The summed E-state index contributed by atoms with van der Waals surface area (Å²) in [5.74, 6) is -0.366. The number of carbonyl (C=O) groups excluding carboxylic acids is 1. The van der Waals surface area contributed by atoms with Crippen LogP contribution in [0.2, 0.25) is 0 Å². The Morgan fingerprint density at radius 2 is 2.12 bits per heavy atom. The van der Waals surface area contributed by atoms with Crippen molar-refractivity contribution in [2.24, 2.45) is 5.73 Å². The Kier molecular flexibility index (Phi) is 5.41. The Labute approximate surface area is 146 Å². The van der Waals surface area contributed by atoms with Gasteiger partial charge in [-0.3, -0.25) is 9.69 Å². The van der Waals surface area contributed by atoms with E-state index in [0.717, 1.165) is 25.8 Å². The quantitative estimate of drug-likeness (QED) is 0.871. The third-order valence-electron chi connectivity index (χ3n) is 5.34. The molecule has 0 unspecified atom stereocenters. The van der Waals surface area contributed by atoms with E-state index in [4.69, 9.17) is 5.73 Å². The number of hydrogen-bond donors (Lipinski definition) is 2. The van der Waals surface area contributed by atoms with Crippen molar-refractivity contribution in [3.63, 3.8) is 0 Å². The standard InChI is InChI=1S/C20H32N2O2/c1-6-15-7-8-16(18(21)23)11-17(15)20(5)9-10-22(14(2)12-20)13-19(3,4)24/h7-8,11,14,24H,6,9-10,12-13H2,1-5H3,(H2,21,23)/t14-,20-/m1/s1. The van der Waals surface area contributed by atoms with Crippen LogP contribution >= 0.6 is 0 Å². The van der Waals surface area contributed by atoms with Crippen LogP contribution in [0.3, 0.4) is 0 Å². The Hall–Kier alpha value is -1.39. The maximum atomic E-state index is 11.6. The van der Waals surface area contributed by atoms with Gasteiger partial charge in [-0.2, -0.15) is 0 Å². The molecule has 3 N–H and O–H groups in total. The first-order chi connectivity index (χ1) is 11.1. The summed E-state index contributed by atoms with van der Waals surface area (Å²) in [6.45, 7) is 12.0. The first-order valence-electron chi connectivity index (χ1n) is 8.95. The lowest BCUT2D eigenvalue weighted by molar-refractivity contribution is 0.00187. The molecule has 1 fully saturated rings. The predicted octanol–water partition coefficient (Wildman–Crippen LogP) is 2.86. The highest BCUT2D eigenvalue weighted by Gasteiger charge is 2.38. The van der Waals surface area contributed by atoms with E-state index < -0.39 is 5.60 Å². The van der Waals surface area contributed by atoms with Crippen molar-refractivity contribution in [2.45, 2.75) is 70.9 Å². The molecule has 0 aliphatic carbocycles. The van der Waals surface area contributed by atoms with E-state index in [2.05, 4.69) is 31.7 Å². The number of β-amino-alcohol motifs (C(OH)–C–C–N with tert-alkyl or cyclic N) is 1. The first-order valence-corrected chi connectivity index (χ1v) is 8.95. The second kappa shape index (κ2) is 6.85. The SMILES string of the molecule is CCc1ccc(C(N)=O)cc1[C@]1(C)CCN(CC(C)(C)O)[C@H](C)C1. The maximum absolute atomic E-state index is 11.6. The molecule has 1 heterocycles. The van der Waals surface area contributed by atoms with Crippen LogP contribution in [0.1, 0.15) is 68.9 Å². The molecule has 134 valence electrons. The summed E-state index contributed by atoms with van der Waals surface area (Å²) in [6, 6.07) is 6.27. The van der Waals surface area contributed by atoms with Crippen molar-refractivity contribution in [1.29, 1.82) is 0 Å². The molecular formula is C20H32N2O2. The molecule has 1 saturated heterocycles. The first kappa shape index (κ1) is 18.9. The number of benzene rings is 1. The van der Waals surface area contributed by atoms with E-state index in [1.54, 1.807) is 0 Å². The van der Waals surface area contributed by atoms with Gasteiger partial charge in [0, 0.05) is 18.2 Å². The van der Waals surface area contributed by atoms with Gasteiger partial charge >= 0.3 is 0 Å². The molecule has 24 heavy (non-hydrogen) atoms. The average molecular weight is 332 g/mol. The van der Waals surface area contributed by atoms with E-state index in [9.17, 15) is 9.90 Å². The highest BCUT2D eigenvalue weighted by atomic mass is 16.3. The molecule has 0 spiro atoms. The van der Waals surface area contributed by atoms with Gasteiger partial charge in [0.05, 0.1) is 5.60 Å². The number of nitrogens with two attached hydrogens (primary N) is 1. The smallest absolute Gasteiger partial charge is 0.248 e. The normalized spacial score (nSPS) is 25.7. The lowest BCUT2D eigenvalue weighted by atomic mass is 9.70. The number of amides is 1. The van der Waals surface area contributed by atoms with Crippen molar-refractivity contribution in [1.82, 2.24) is 4.90 Å². The highest BCUT2D eigenvalue weighted by molar-refractivity contribution is 5.93. The van der Waals surface area contributed by atoms with Crippen LogP contribution in [-0.2, 0) is 11.8 Å². The number of aliphatic hydroxyl groups is 1. The van der Waals surface area contributed by atoms with Gasteiger partial charge in [-0.25, -0.2) is 0 Å². The molecule has 1 aliphatic heterocycles. The largest absolute Gasteiger partial charge is 0.389 e. The summed E-state index contributed by atoms with van der Waals surface area (Å²) in [4.78, 5) is 14.0. The monoisotopic (exact) mass is 332 g/mol. The van der Waals surface area contributed by atoms with Crippen molar-refractivity contribution in [3.05, 3.63) is 34.9 Å². The van der Waals surface area contributed by atoms with E-state index in [-0.39, 0.29) is 11.3 Å². The minimum Gasteiger partial charge on any atom is -0.389 e. The number of likely N-dealkylation sites (tertiary alicyclic amines) is 1. The molecule has 0 aromatic heterocycles. The Bertz CT molecular complexity index is 606. The fourth-order valence-electron chi connectivity index (χ4n) is 4.07. The predicted molar refractivity (Wildman–Crippen MR) is 98.3 cm³/mol. The number of primary amides is 1. The van der Waals surface area contributed by atoms with Gasteiger partial charge in [0.2, 0.25) is 5.91 Å². The molecule has 1 amide bonds. The number of carbonyl (C=O) groups is 1. The topological polar surface area (TPSA) is 66.6 Å². The van der Waals surface area contributed by atoms with Gasteiger partial charge in [-0.1, -0.05) is 19.9 Å². The van der Waals surface area contributed by atoms with Gasteiger partial charge < -0.3 is 10.8 Å². The van der Waals surface area contributed by atoms with E-state index >= 15 is 0 Å². The van der Waals surface area contributed by atoms with Crippen molar-refractivity contribution >= 4 is 5.91 Å². The van der Waals surface area contributed by atoms with Crippen LogP contribution in [0.5, 0.6) is 0 Å². The lowest BCUT2D eigenvalue weighted by Crippen LogP contribution is -2.51. The second-order valence-corrected chi connectivity index (χ2v) is 8.24. The molecule has 0 radical (unpaired) electrons. The van der Waals surface area contributed by atoms with Gasteiger partial charge in [0.25, 0.3) is 0 Å². The number of piperidine rings is 1. The van der Waals surface area contributed by atoms with Crippen molar-refractivity contribution in [2.75, 3.05) is 13.1 Å². The molecule has 2 atom stereocenters. The van der Waals surface area contributed by atoms with E-state index in [1.807, 2.05) is 26.0 Å². The summed E-state index contributed by atoms with van der Waals surface area (Å²) in [5, 5.41) is 10.1. The second-order valence-electron chi connectivity index (χ2n) is 8.24.